The highest BCUT2D eigenvalue weighted by Crippen LogP contribution is 2.29. The van der Waals surface area contributed by atoms with E-state index in [4.69, 9.17) is 4.74 Å². The highest BCUT2D eigenvalue weighted by molar-refractivity contribution is 5.99. The number of benzene rings is 1. The maximum atomic E-state index is 12.9. The number of carbonyl (C=O) groups is 1. The quantitative estimate of drug-likeness (QED) is 0.647. The molecule has 3 rings (SSSR count). The first kappa shape index (κ1) is 20.8. The summed E-state index contributed by atoms with van der Waals surface area (Å²) >= 11 is 0. The number of nitrogens with zero attached hydrogens (tertiary/aromatic N) is 2. The van der Waals surface area contributed by atoms with Gasteiger partial charge in [0.25, 0.3) is 0 Å². The lowest BCUT2D eigenvalue weighted by Gasteiger charge is -2.24. The standard InChI is InChI=1S/C19H22F3N5O2/c1-18(2,29-3)10-24-16-12(8-19(20,21)22)9-23-17(27-16)25-13-4-5-14-11(6-13)7-15(28)26-14/h4-6,9H,7-8,10H2,1-3H3,(H,26,28)(H2,23,24,25,27). The number of aromatic nitrogens is 2. The monoisotopic (exact) mass is 409 g/mol. The molecule has 10 heteroatoms. The molecule has 156 valence electrons. The Morgan fingerprint density at radius 3 is 2.72 bits per heavy atom. The molecule has 1 aromatic carbocycles. The van der Waals surface area contributed by atoms with E-state index < -0.39 is 18.2 Å². The van der Waals surface area contributed by atoms with Gasteiger partial charge in [-0.15, -0.1) is 0 Å². The van der Waals surface area contributed by atoms with Gasteiger partial charge in [-0.05, 0) is 37.6 Å². The molecule has 0 atom stereocenters. The fourth-order valence-electron chi connectivity index (χ4n) is 2.77. The average Bonchev–Trinajstić information content (AvgIpc) is 3.00. The van der Waals surface area contributed by atoms with Crippen molar-refractivity contribution in [1.82, 2.24) is 9.97 Å². The van der Waals surface area contributed by atoms with Crippen LogP contribution < -0.4 is 16.0 Å². The fourth-order valence-corrected chi connectivity index (χ4v) is 2.77. The van der Waals surface area contributed by atoms with Gasteiger partial charge in [-0.3, -0.25) is 4.79 Å². The van der Waals surface area contributed by atoms with Crippen molar-refractivity contribution in [3.63, 3.8) is 0 Å². The number of ether oxygens (including phenoxy) is 1. The Hall–Kier alpha value is -2.88. The zero-order valence-corrected chi connectivity index (χ0v) is 16.3. The molecule has 0 bridgehead atoms. The Kier molecular flexibility index (Phi) is 5.65. The number of anilines is 4. The van der Waals surface area contributed by atoms with Crippen molar-refractivity contribution >= 4 is 29.0 Å². The fraction of sp³-hybridized carbons (Fsp3) is 0.421. The zero-order chi connectivity index (χ0) is 21.2. The minimum atomic E-state index is -4.38. The number of hydrogen-bond acceptors (Lipinski definition) is 6. The Balaban J connectivity index is 1.83. The van der Waals surface area contributed by atoms with Crippen LogP contribution in [-0.4, -0.2) is 41.3 Å². The smallest absolute Gasteiger partial charge is 0.377 e. The van der Waals surface area contributed by atoms with E-state index >= 15 is 0 Å². The maximum Gasteiger partial charge on any atom is 0.393 e. The molecule has 0 saturated carbocycles. The van der Waals surface area contributed by atoms with Crippen molar-refractivity contribution in [2.24, 2.45) is 0 Å². The van der Waals surface area contributed by atoms with Crippen LogP contribution >= 0.6 is 0 Å². The van der Waals surface area contributed by atoms with Crippen LogP contribution in [0.5, 0.6) is 0 Å². The summed E-state index contributed by atoms with van der Waals surface area (Å²) < 4.78 is 44.0. The van der Waals surface area contributed by atoms with Gasteiger partial charge >= 0.3 is 6.18 Å². The number of fused-ring (bicyclic) bond motifs is 1. The summed E-state index contributed by atoms with van der Waals surface area (Å²) in [6, 6.07) is 5.26. The number of methoxy groups -OCH3 is 1. The van der Waals surface area contributed by atoms with Crippen molar-refractivity contribution in [2.45, 2.75) is 38.5 Å². The average molecular weight is 409 g/mol. The molecule has 0 radical (unpaired) electrons. The molecule has 1 aromatic heterocycles. The molecule has 1 amide bonds. The molecule has 0 aliphatic carbocycles. The molecule has 2 heterocycles. The van der Waals surface area contributed by atoms with E-state index in [0.29, 0.717) is 5.69 Å². The second-order valence-corrected chi connectivity index (χ2v) is 7.40. The summed E-state index contributed by atoms with van der Waals surface area (Å²) in [7, 11) is 1.53. The molecule has 1 aliphatic heterocycles. The summed E-state index contributed by atoms with van der Waals surface area (Å²) in [5.74, 6) is 0.144. The highest BCUT2D eigenvalue weighted by Gasteiger charge is 2.30. The number of alkyl halides is 3. The van der Waals surface area contributed by atoms with Gasteiger partial charge in [0.05, 0.1) is 18.4 Å². The number of carbonyl (C=O) groups excluding carboxylic acids is 1. The SMILES string of the molecule is COC(C)(C)CNc1nc(Nc2ccc3c(c2)CC(=O)N3)ncc1CC(F)(F)F. The molecular formula is C19H22F3N5O2. The second-order valence-electron chi connectivity index (χ2n) is 7.40. The van der Waals surface area contributed by atoms with E-state index in [0.717, 1.165) is 17.4 Å². The van der Waals surface area contributed by atoms with Crippen molar-refractivity contribution in [3.8, 4) is 0 Å². The summed E-state index contributed by atoms with van der Waals surface area (Å²) in [6.07, 6.45) is -4.10. The largest absolute Gasteiger partial charge is 0.393 e. The third-order valence-corrected chi connectivity index (χ3v) is 4.48. The summed E-state index contributed by atoms with van der Waals surface area (Å²) in [5.41, 5.74) is 1.55. The summed E-state index contributed by atoms with van der Waals surface area (Å²) in [5, 5.41) is 8.64. The minimum absolute atomic E-state index is 0.0568. The van der Waals surface area contributed by atoms with E-state index in [1.807, 2.05) is 13.8 Å². The van der Waals surface area contributed by atoms with Gasteiger partial charge < -0.3 is 20.7 Å². The first-order chi connectivity index (χ1) is 13.5. The maximum absolute atomic E-state index is 12.9. The van der Waals surface area contributed by atoms with Crippen LogP contribution in [0.2, 0.25) is 0 Å². The lowest BCUT2D eigenvalue weighted by Crippen LogP contribution is -2.32. The number of amides is 1. The second kappa shape index (κ2) is 7.86. The van der Waals surface area contributed by atoms with Gasteiger partial charge in [0.15, 0.2) is 0 Å². The van der Waals surface area contributed by atoms with Crippen molar-refractivity contribution < 1.29 is 22.7 Å². The molecule has 0 fully saturated rings. The minimum Gasteiger partial charge on any atom is -0.377 e. The topological polar surface area (TPSA) is 88.2 Å². The number of hydrogen-bond donors (Lipinski definition) is 3. The normalized spacial score (nSPS) is 13.8. The van der Waals surface area contributed by atoms with Crippen LogP contribution in [0, 0.1) is 0 Å². The molecule has 0 spiro atoms. The molecule has 3 N–H and O–H groups in total. The van der Waals surface area contributed by atoms with E-state index in [-0.39, 0.29) is 36.2 Å². The molecule has 0 unspecified atom stereocenters. The van der Waals surface area contributed by atoms with Gasteiger partial charge in [0, 0.05) is 36.8 Å². The third kappa shape index (κ3) is 5.57. The molecule has 0 saturated heterocycles. The Bertz CT molecular complexity index is 915. The zero-order valence-electron chi connectivity index (χ0n) is 16.3. The number of halogens is 3. The number of rotatable bonds is 7. The van der Waals surface area contributed by atoms with Gasteiger partial charge in [-0.2, -0.15) is 18.2 Å². The lowest BCUT2D eigenvalue weighted by molar-refractivity contribution is -0.127. The third-order valence-electron chi connectivity index (χ3n) is 4.48. The van der Waals surface area contributed by atoms with Crippen LogP contribution in [0.25, 0.3) is 0 Å². The van der Waals surface area contributed by atoms with E-state index in [2.05, 4.69) is 25.9 Å². The summed E-state index contributed by atoms with van der Waals surface area (Å²) in [4.78, 5) is 19.7. The predicted molar refractivity (Wildman–Crippen MR) is 103 cm³/mol. The van der Waals surface area contributed by atoms with Crippen LogP contribution in [0.4, 0.5) is 36.3 Å². The number of nitrogens with one attached hydrogen (secondary N) is 3. The van der Waals surface area contributed by atoms with Gasteiger partial charge in [0.2, 0.25) is 11.9 Å². The van der Waals surface area contributed by atoms with E-state index in [1.54, 1.807) is 18.2 Å². The Morgan fingerprint density at radius 2 is 2.03 bits per heavy atom. The molecule has 7 nitrogen and oxygen atoms in total. The van der Waals surface area contributed by atoms with Crippen LogP contribution in [-0.2, 0) is 22.4 Å². The molecule has 1 aliphatic rings. The first-order valence-electron chi connectivity index (χ1n) is 8.96. The van der Waals surface area contributed by atoms with Gasteiger partial charge in [-0.25, -0.2) is 4.98 Å². The lowest BCUT2D eigenvalue weighted by atomic mass is 10.1. The van der Waals surface area contributed by atoms with Gasteiger partial charge in [-0.1, -0.05) is 0 Å². The van der Waals surface area contributed by atoms with Crippen LogP contribution in [0.15, 0.2) is 24.4 Å². The summed E-state index contributed by atoms with van der Waals surface area (Å²) in [6.45, 7) is 3.88. The van der Waals surface area contributed by atoms with E-state index in [1.165, 1.54) is 7.11 Å². The van der Waals surface area contributed by atoms with Crippen LogP contribution in [0.1, 0.15) is 25.0 Å². The molecule has 2 aromatic rings. The van der Waals surface area contributed by atoms with Crippen molar-refractivity contribution in [2.75, 3.05) is 29.6 Å². The Morgan fingerprint density at radius 1 is 1.28 bits per heavy atom. The molecule has 29 heavy (non-hydrogen) atoms. The first-order valence-corrected chi connectivity index (χ1v) is 8.96. The van der Waals surface area contributed by atoms with Crippen molar-refractivity contribution in [1.29, 1.82) is 0 Å². The predicted octanol–water partition coefficient (Wildman–Crippen LogP) is 3.66. The van der Waals surface area contributed by atoms with Crippen LogP contribution in [0.3, 0.4) is 0 Å². The van der Waals surface area contributed by atoms with E-state index in [9.17, 15) is 18.0 Å². The van der Waals surface area contributed by atoms with Crippen molar-refractivity contribution in [3.05, 3.63) is 35.5 Å². The van der Waals surface area contributed by atoms with Gasteiger partial charge in [0.1, 0.15) is 5.82 Å². The highest BCUT2D eigenvalue weighted by atomic mass is 19.4. The Labute approximate surface area is 166 Å². The molecular weight excluding hydrogens is 387 g/mol.